The summed E-state index contributed by atoms with van der Waals surface area (Å²) in [6.07, 6.45) is 0. The molecule has 0 spiro atoms. The maximum atomic E-state index is 13.9. The first kappa shape index (κ1) is 14.4. The fourth-order valence-corrected chi connectivity index (χ4v) is 2.43. The second-order valence-corrected chi connectivity index (χ2v) is 5.48. The molecule has 112 valence electrons. The Hall–Kier alpha value is -2.56. The number of fused-ring (bicyclic) bond motifs is 1. The van der Waals surface area contributed by atoms with E-state index in [0.717, 1.165) is 5.69 Å². The largest absolute Gasteiger partial charge is 0.368 e. The molecule has 0 amide bonds. The van der Waals surface area contributed by atoms with Crippen LogP contribution in [-0.2, 0) is 0 Å². The molecule has 3 nitrogen and oxygen atoms in total. The van der Waals surface area contributed by atoms with Crippen LogP contribution < -0.4 is 5.73 Å². The predicted octanol–water partition coefficient (Wildman–Crippen LogP) is 4.28. The molecule has 1 heterocycles. The van der Waals surface area contributed by atoms with Crippen LogP contribution in [0.15, 0.2) is 36.4 Å². The molecule has 0 bridgehead atoms. The fourth-order valence-electron chi connectivity index (χ4n) is 2.43. The van der Waals surface area contributed by atoms with Gasteiger partial charge in [-0.3, -0.25) is 0 Å². The summed E-state index contributed by atoms with van der Waals surface area (Å²) in [4.78, 5) is 8.44. The van der Waals surface area contributed by atoms with Gasteiger partial charge in [0.15, 0.2) is 0 Å². The number of nitrogens with two attached hydrogens (primary N) is 1. The Morgan fingerprint density at radius 2 is 1.73 bits per heavy atom. The van der Waals surface area contributed by atoms with Crippen LogP contribution in [0.3, 0.4) is 0 Å². The number of aromatic nitrogens is 2. The quantitative estimate of drug-likeness (QED) is 0.768. The van der Waals surface area contributed by atoms with Gasteiger partial charge in [-0.1, -0.05) is 19.9 Å². The minimum Gasteiger partial charge on any atom is -0.368 e. The summed E-state index contributed by atoms with van der Waals surface area (Å²) in [5, 5.41) is 0.815. The van der Waals surface area contributed by atoms with E-state index in [-0.39, 0.29) is 17.3 Å². The maximum Gasteiger partial charge on any atom is 0.220 e. The third kappa shape index (κ3) is 2.50. The highest BCUT2D eigenvalue weighted by Crippen LogP contribution is 2.31. The monoisotopic (exact) mass is 299 g/mol. The Bertz CT molecular complexity index is 860. The van der Waals surface area contributed by atoms with E-state index in [2.05, 4.69) is 9.97 Å². The third-order valence-electron chi connectivity index (χ3n) is 3.56. The predicted molar refractivity (Wildman–Crippen MR) is 83.4 cm³/mol. The summed E-state index contributed by atoms with van der Waals surface area (Å²) >= 11 is 0. The Morgan fingerprint density at radius 3 is 2.45 bits per heavy atom. The fraction of sp³-hybridized carbons (Fsp3) is 0.176. The Morgan fingerprint density at radius 1 is 0.955 bits per heavy atom. The van der Waals surface area contributed by atoms with Gasteiger partial charge in [-0.25, -0.2) is 18.7 Å². The first-order valence-electron chi connectivity index (χ1n) is 6.98. The lowest BCUT2D eigenvalue weighted by molar-refractivity contribution is 0.622. The maximum absolute atomic E-state index is 13.9. The Labute approximate surface area is 126 Å². The SMILES string of the molecule is CC(C)c1cc(-c2ccc(F)c3cc(F)ccc23)nc(N)n1. The number of rotatable bonds is 2. The second kappa shape index (κ2) is 5.33. The smallest absolute Gasteiger partial charge is 0.220 e. The van der Waals surface area contributed by atoms with E-state index in [1.165, 1.54) is 18.2 Å². The van der Waals surface area contributed by atoms with Gasteiger partial charge < -0.3 is 5.73 Å². The van der Waals surface area contributed by atoms with Crippen LogP contribution in [0.1, 0.15) is 25.5 Å². The van der Waals surface area contributed by atoms with Gasteiger partial charge in [0, 0.05) is 16.6 Å². The van der Waals surface area contributed by atoms with Gasteiger partial charge in [0.25, 0.3) is 0 Å². The number of hydrogen-bond donors (Lipinski definition) is 1. The number of halogens is 2. The van der Waals surface area contributed by atoms with Crippen molar-refractivity contribution < 1.29 is 8.78 Å². The van der Waals surface area contributed by atoms with E-state index in [1.807, 2.05) is 19.9 Å². The minimum absolute atomic E-state index is 0.167. The normalized spacial score (nSPS) is 11.3. The summed E-state index contributed by atoms with van der Waals surface area (Å²) in [5.41, 5.74) is 7.89. The second-order valence-electron chi connectivity index (χ2n) is 5.48. The number of hydrogen-bond acceptors (Lipinski definition) is 3. The highest BCUT2D eigenvalue weighted by molar-refractivity contribution is 5.96. The van der Waals surface area contributed by atoms with E-state index >= 15 is 0 Å². The lowest BCUT2D eigenvalue weighted by Gasteiger charge is -2.11. The number of nitrogens with zero attached hydrogens (tertiary/aromatic N) is 2. The highest BCUT2D eigenvalue weighted by Gasteiger charge is 2.13. The van der Waals surface area contributed by atoms with Gasteiger partial charge >= 0.3 is 0 Å². The van der Waals surface area contributed by atoms with Crippen LogP contribution >= 0.6 is 0 Å². The molecule has 5 heteroatoms. The Kier molecular flexibility index (Phi) is 3.48. The van der Waals surface area contributed by atoms with Gasteiger partial charge in [-0.05, 0) is 41.6 Å². The first-order valence-corrected chi connectivity index (χ1v) is 6.98. The van der Waals surface area contributed by atoms with Crippen molar-refractivity contribution >= 4 is 16.7 Å². The van der Waals surface area contributed by atoms with E-state index in [9.17, 15) is 8.78 Å². The van der Waals surface area contributed by atoms with Crippen molar-refractivity contribution in [1.82, 2.24) is 9.97 Å². The topological polar surface area (TPSA) is 51.8 Å². The molecule has 0 saturated heterocycles. The summed E-state index contributed by atoms with van der Waals surface area (Å²) in [6.45, 7) is 4.01. The van der Waals surface area contributed by atoms with Gasteiger partial charge in [0.05, 0.1) is 5.69 Å². The van der Waals surface area contributed by atoms with Gasteiger partial charge in [0.1, 0.15) is 11.6 Å². The zero-order valence-corrected chi connectivity index (χ0v) is 12.3. The van der Waals surface area contributed by atoms with Crippen molar-refractivity contribution in [3.05, 3.63) is 53.7 Å². The lowest BCUT2D eigenvalue weighted by atomic mass is 10.00. The molecule has 0 fully saturated rings. The third-order valence-corrected chi connectivity index (χ3v) is 3.56. The van der Waals surface area contributed by atoms with Gasteiger partial charge in [-0.2, -0.15) is 0 Å². The van der Waals surface area contributed by atoms with Crippen LogP contribution in [-0.4, -0.2) is 9.97 Å². The molecule has 0 atom stereocenters. The summed E-state index contributed by atoms with van der Waals surface area (Å²) in [5.74, 6) is -0.591. The van der Waals surface area contributed by atoms with Crippen LogP contribution in [0.5, 0.6) is 0 Å². The van der Waals surface area contributed by atoms with Crippen molar-refractivity contribution in [2.75, 3.05) is 5.73 Å². The summed E-state index contributed by atoms with van der Waals surface area (Å²) in [6, 6.07) is 8.81. The molecule has 2 aromatic carbocycles. The average molecular weight is 299 g/mol. The molecule has 2 N–H and O–H groups in total. The van der Waals surface area contributed by atoms with Crippen molar-refractivity contribution in [2.45, 2.75) is 19.8 Å². The van der Waals surface area contributed by atoms with Crippen molar-refractivity contribution in [3.63, 3.8) is 0 Å². The van der Waals surface area contributed by atoms with Crippen LogP contribution in [0.25, 0.3) is 22.0 Å². The lowest BCUT2D eigenvalue weighted by Crippen LogP contribution is -2.02. The summed E-state index contributed by atoms with van der Waals surface area (Å²) < 4.78 is 27.3. The molecular weight excluding hydrogens is 284 g/mol. The minimum atomic E-state index is -0.478. The van der Waals surface area contributed by atoms with Gasteiger partial charge in [-0.15, -0.1) is 0 Å². The molecular formula is C17H15F2N3. The molecule has 3 aromatic rings. The zero-order valence-electron chi connectivity index (χ0n) is 12.3. The molecule has 0 aliphatic rings. The van der Waals surface area contributed by atoms with Crippen molar-refractivity contribution in [3.8, 4) is 11.3 Å². The van der Waals surface area contributed by atoms with E-state index in [0.29, 0.717) is 16.6 Å². The Balaban J connectivity index is 2.29. The van der Waals surface area contributed by atoms with Crippen molar-refractivity contribution in [2.24, 2.45) is 0 Å². The molecule has 0 unspecified atom stereocenters. The highest BCUT2D eigenvalue weighted by atomic mass is 19.1. The number of benzene rings is 2. The molecule has 0 aliphatic carbocycles. The first-order chi connectivity index (χ1) is 10.5. The average Bonchev–Trinajstić information content (AvgIpc) is 2.47. The van der Waals surface area contributed by atoms with Crippen LogP contribution in [0.2, 0.25) is 0 Å². The molecule has 3 rings (SSSR count). The molecule has 1 aromatic heterocycles. The van der Waals surface area contributed by atoms with Gasteiger partial charge in [0.2, 0.25) is 5.95 Å². The number of anilines is 1. The molecule has 22 heavy (non-hydrogen) atoms. The van der Waals surface area contributed by atoms with Crippen molar-refractivity contribution in [1.29, 1.82) is 0 Å². The number of nitrogen functional groups attached to an aromatic ring is 1. The van der Waals surface area contributed by atoms with Crippen LogP contribution in [0.4, 0.5) is 14.7 Å². The zero-order chi connectivity index (χ0) is 15.9. The molecule has 0 aliphatic heterocycles. The van der Waals surface area contributed by atoms with Crippen LogP contribution in [0, 0.1) is 11.6 Å². The summed E-state index contributed by atoms with van der Waals surface area (Å²) in [7, 11) is 0. The standard InChI is InChI=1S/C17H15F2N3/c1-9(2)15-8-16(22-17(20)21-15)12-5-6-14(19)13-7-10(18)3-4-11(12)13/h3-9H,1-2H3,(H2,20,21,22). The van der Waals surface area contributed by atoms with E-state index in [1.54, 1.807) is 12.1 Å². The van der Waals surface area contributed by atoms with E-state index < -0.39 is 11.6 Å². The molecule has 0 saturated carbocycles. The molecule has 0 radical (unpaired) electrons. The van der Waals surface area contributed by atoms with E-state index in [4.69, 9.17) is 5.73 Å².